The Bertz CT molecular complexity index is 6180. The molecule has 0 spiro atoms. The summed E-state index contributed by atoms with van der Waals surface area (Å²) in [6.07, 6.45) is 23.9. The van der Waals surface area contributed by atoms with E-state index < -0.39 is 36.3 Å². The minimum absolute atomic E-state index is 0.123. The minimum Gasteiger partial charge on any atom is -0.491 e. The number of anilines is 5. The maximum absolute atomic E-state index is 13.1. The number of hydrogen-bond acceptors (Lipinski definition) is 30. The number of ether oxygens (including phenoxy) is 5. The summed E-state index contributed by atoms with van der Waals surface area (Å²) >= 11 is 13.0. The van der Waals surface area contributed by atoms with Gasteiger partial charge in [-0.1, -0.05) is 137 Å². The number of alkyl halides is 3. The number of rotatable bonds is 37. The lowest BCUT2D eigenvalue weighted by atomic mass is 9.86. The zero-order chi connectivity index (χ0) is 104. The van der Waals surface area contributed by atoms with Crippen molar-refractivity contribution in [2.75, 3.05) is 161 Å². The molecule has 30 nitrogen and oxygen atoms in total. The first kappa shape index (κ1) is 111. The fourth-order valence-electron chi connectivity index (χ4n) is 19.5. The maximum Gasteiger partial charge on any atom is 0.433 e. The Morgan fingerprint density at radius 1 is 0.367 bits per heavy atom. The molecule has 147 heavy (non-hydrogen) atoms. The molecule has 4 atom stereocenters. The summed E-state index contributed by atoms with van der Waals surface area (Å²) in [7, 11) is 19.5. The lowest BCUT2D eigenvalue weighted by molar-refractivity contribution is -0.141. The number of hydrogen-bond donors (Lipinski definition) is 8. The van der Waals surface area contributed by atoms with Gasteiger partial charge in [-0.2, -0.15) is 13.2 Å². The lowest BCUT2D eigenvalue weighted by Crippen LogP contribution is -2.37. The van der Waals surface area contributed by atoms with E-state index in [4.69, 9.17) is 86.8 Å². The van der Waals surface area contributed by atoms with Crippen molar-refractivity contribution < 1.29 is 57.3 Å². The fourth-order valence-corrected chi connectivity index (χ4v) is 19.9. The van der Waals surface area contributed by atoms with Crippen LogP contribution in [-0.2, 0) is 10.9 Å². The molecule has 4 saturated carbocycles. The Kier molecular flexibility index (Phi) is 41.1. The summed E-state index contributed by atoms with van der Waals surface area (Å²) in [4.78, 5) is 68.5. The summed E-state index contributed by atoms with van der Waals surface area (Å²) < 4.78 is 68.0. The number of nitrogens with zero attached hydrogens (tertiary/aromatic N) is 17. The summed E-state index contributed by atoms with van der Waals surface area (Å²) in [5.74, 6) is 9.53. The van der Waals surface area contributed by atoms with Crippen LogP contribution < -0.4 is 64.7 Å². The van der Waals surface area contributed by atoms with E-state index in [-0.39, 0.29) is 26.4 Å². The SMILES string of the molecule is CNCC(O)COc1cc(Cl)cc(-c2nc(-c3ccc(N(C)C)nc3)c(C)c(N(C)C3CCCCC3)n2)c1.CNCC(O)COc1cc(Cl)cc(-c2nc(-c3cnc4ccccc4n3)c(C)c(N(C)C3CCCCC3)n2)c1.CNCC(O)COc1cccc(-c2nc(-c3ccc(C(F)(F)F)nc3)cc(N(C)C3CCCCC3)n2)c1.CNCC(O)COc1cccc(-c2nc(C3CCCCC3)cc(N(C)C3CCOCC3)n2)c1. The van der Waals surface area contributed by atoms with Crippen LogP contribution >= 0.6 is 23.2 Å². The normalized spacial score (nSPS) is 15.9. The van der Waals surface area contributed by atoms with Crippen molar-refractivity contribution in [3.8, 4) is 102 Å². The number of aromatic nitrogens is 12. The summed E-state index contributed by atoms with van der Waals surface area (Å²) in [5, 5.41) is 52.9. The first-order valence-electron chi connectivity index (χ1n) is 51.7. The van der Waals surface area contributed by atoms with E-state index in [1.165, 1.54) is 89.3 Å². The van der Waals surface area contributed by atoms with Gasteiger partial charge in [0.05, 0.1) is 34.3 Å². The van der Waals surface area contributed by atoms with E-state index in [2.05, 4.69) is 108 Å². The average Bonchev–Trinajstić information content (AvgIpc) is 0.774. The topological polar surface area (TPSA) is 346 Å². The summed E-state index contributed by atoms with van der Waals surface area (Å²) in [5.41, 5.74) is 11.1. The minimum atomic E-state index is -4.51. The van der Waals surface area contributed by atoms with Crippen molar-refractivity contribution >= 4 is 63.3 Å². The molecule has 0 bridgehead atoms. The second-order valence-electron chi connectivity index (χ2n) is 39.1. The van der Waals surface area contributed by atoms with Crippen molar-refractivity contribution in [3.05, 3.63) is 197 Å². The predicted octanol–water partition coefficient (Wildman–Crippen LogP) is 19.1. The Morgan fingerprint density at radius 2 is 0.789 bits per heavy atom. The van der Waals surface area contributed by atoms with Crippen LogP contribution in [0.3, 0.4) is 0 Å². The van der Waals surface area contributed by atoms with E-state index in [1.54, 1.807) is 57.7 Å². The number of nitrogens with one attached hydrogen (secondary N) is 4. The van der Waals surface area contributed by atoms with Crippen molar-refractivity contribution in [3.63, 3.8) is 0 Å². The first-order chi connectivity index (χ1) is 71.1. The van der Waals surface area contributed by atoms with Crippen molar-refractivity contribution in [2.24, 2.45) is 0 Å². The standard InChI is InChI=1S/C30H35ClN6O2.C29H39ClN6O2.C27H32F3N5O2.C26H38N4O3/c1-19-28(27-17-33-25-11-7-8-12-26(25)34-27)35-29(36-30(19)37(3)22-9-5-4-6-10-22)20-13-21(31)15-24(14-20)39-18-23(38)16-32-2;1-19-27(20-11-12-26(32-16-20)35(3)4)33-28(34-29(19)36(5)23-9-7-6-8-10-23)21-13-22(30)15-25(14-21)38-18-24(37)17-31-2;1-31-16-21(36)17-37-22-10-6-7-18(13-22)26-33-23(19-11-12-24(32-15-19)27(28,29)30)14-25(34-26)35(2)20-8-4-3-5-9-20;1-27-17-22(31)18-33-23-10-6-9-20(15-23)26-28-24(19-7-4-3-5-8-19)16-25(29-26)30(2)21-11-13-32-14-12-21/h7-8,11-15,17,22-23,32,38H,4-6,9-10,16,18H2,1-3H3;11-16,23-24,31,37H,6-10,17-18H2,1-5H3;6-7,10-15,20-21,31,36H,3-5,8-9,16-17H2,1-2H3;6,9-10,15-16,19,21-22,27,31H,3-5,7-8,11-14,17-18H2,1-2H3. The Hall–Kier alpha value is -11.7. The predicted molar refractivity (Wildman–Crippen MR) is 579 cm³/mol. The molecule has 8 heterocycles. The van der Waals surface area contributed by atoms with Gasteiger partial charge in [0, 0.05) is 197 Å². The van der Waals surface area contributed by atoms with Crippen LogP contribution in [0.25, 0.3) is 90.5 Å². The van der Waals surface area contributed by atoms with E-state index in [9.17, 15) is 33.6 Å². The molecule has 4 unspecified atom stereocenters. The van der Waals surface area contributed by atoms with Gasteiger partial charge in [-0.05, 0) is 203 Å². The maximum atomic E-state index is 13.1. The highest BCUT2D eigenvalue weighted by Gasteiger charge is 2.34. The highest BCUT2D eigenvalue weighted by atomic mass is 35.5. The summed E-state index contributed by atoms with van der Waals surface area (Å²) in [6.45, 7) is 8.19. The van der Waals surface area contributed by atoms with Crippen LogP contribution in [0.2, 0.25) is 10.0 Å². The van der Waals surface area contributed by atoms with Gasteiger partial charge in [-0.3, -0.25) is 9.97 Å². The van der Waals surface area contributed by atoms with Crippen LogP contribution in [0.5, 0.6) is 23.0 Å². The van der Waals surface area contributed by atoms with Crippen molar-refractivity contribution in [1.29, 1.82) is 0 Å². The zero-order valence-corrected chi connectivity index (χ0v) is 88.2. The smallest absolute Gasteiger partial charge is 0.433 e. The second kappa shape index (κ2) is 54.5. The molecule has 0 amide bonds. The van der Waals surface area contributed by atoms with E-state index in [1.807, 2.05) is 130 Å². The van der Waals surface area contributed by atoms with E-state index in [0.717, 1.165) is 174 Å². The molecule has 1 saturated heterocycles. The highest BCUT2D eigenvalue weighted by molar-refractivity contribution is 6.31. The molecular weight excluding hydrogens is 1910 g/mol. The van der Waals surface area contributed by atoms with Crippen LogP contribution in [0.1, 0.15) is 170 Å². The molecule has 5 fully saturated rings. The lowest BCUT2D eigenvalue weighted by Gasteiger charge is -2.33. The number of pyridine rings is 2. The van der Waals surface area contributed by atoms with Gasteiger partial charge in [0.25, 0.3) is 0 Å². The van der Waals surface area contributed by atoms with Gasteiger partial charge in [0.1, 0.15) is 114 Å². The summed E-state index contributed by atoms with van der Waals surface area (Å²) in [6, 6.07) is 45.9. The highest BCUT2D eigenvalue weighted by Crippen LogP contribution is 2.42. The largest absolute Gasteiger partial charge is 0.491 e. The van der Waals surface area contributed by atoms with Gasteiger partial charge in [-0.25, -0.2) is 49.8 Å². The van der Waals surface area contributed by atoms with Crippen molar-refractivity contribution in [1.82, 2.24) is 81.1 Å². The molecule has 0 radical (unpaired) electrons. The number of likely N-dealkylation sites (N-methyl/N-ethyl adjacent to an activating group) is 4. The number of aliphatic hydroxyl groups excluding tert-OH is 4. The molecule has 12 aromatic rings. The Morgan fingerprint density at radius 3 is 1.25 bits per heavy atom. The number of benzene rings is 5. The van der Waals surface area contributed by atoms with E-state index in [0.29, 0.717) is 135 Å². The van der Waals surface area contributed by atoms with Crippen LogP contribution in [-0.4, -0.2) is 265 Å². The third kappa shape index (κ3) is 31.2. The van der Waals surface area contributed by atoms with Crippen LogP contribution in [0.4, 0.5) is 42.3 Å². The molecule has 5 aliphatic rings. The third-order valence-corrected chi connectivity index (χ3v) is 28.1. The van der Waals surface area contributed by atoms with Crippen LogP contribution in [0, 0.1) is 13.8 Å². The molecule has 1 aliphatic heterocycles. The van der Waals surface area contributed by atoms with Crippen LogP contribution in [0.15, 0.2) is 164 Å². The average molecular weight is 2060 g/mol. The monoisotopic (exact) mass is 2050 g/mol. The van der Waals surface area contributed by atoms with Gasteiger partial charge in [0.15, 0.2) is 23.3 Å². The van der Waals surface area contributed by atoms with Gasteiger partial charge in [-0.15, -0.1) is 0 Å². The van der Waals surface area contributed by atoms with Crippen molar-refractivity contribution in [2.45, 2.75) is 216 Å². The Balaban J connectivity index is 0.000000155. The molecule has 8 N–H and O–H groups in total. The second-order valence-corrected chi connectivity index (χ2v) is 39.9. The Labute approximate surface area is 872 Å². The number of halogens is 5. The molecule has 17 rings (SSSR count). The fraction of sp³-hybridized carbons (Fsp3) is 0.482. The number of aliphatic hydroxyl groups is 4. The molecule has 4 aliphatic carbocycles. The molecule has 786 valence electrons. The number of para-hydroxylation sites is 2. The van der Waals surface area contributed by atoms with E-state index >= 15 is 0 Å². The molecule has 7 aromatic heterocycles. The first-order valence-corrected chi connectivity index (χ1v) is 52.4. The van der Waals surface area contributed by atoms with Gasteiger partial charge < -0.3 is 89.9 Å². The third-order valence-electron chi connectivity index (χ3n) is 27.7. The zero-order valence-electron chi connectivity index (χ0n) is 86.7. The quantitative estimate of drug-likeness (QED) is 0.0179. The number of fused-ring (bicyclic) bond motifs is 1. The molecule has 5 aromatic carbocycles. The van der Waals surface area contributed by atoms with Gasteiger partial charge in [0.2, 0.25) is 0 Å². The molecule has 35 heteroatoms. The molecular formula is C112H144Cl2F3N21O9. The van der Waals surface area contributed by atoms with Gasteiger partial charge >= 0.3 is 6.18 Å².